The summed E-state index contributed by atoms with van der Waals surface area (Å²) in [6.45, 7) is 1.16. The molecule has 0 amide bonds. The first-order valence-electron chi connectivity index (χ1n) is 9.78. The summed E-state index contributed by atoms with van der Waals surface area (Å²) in [5.74, 6) is 0. The fraction of sp³-hybridized carbons (Fsp3) is 0.240. The Hall–Kier alpha value is -2.87. The van der Waals surface area contributed by atoms with Crippen molar-refractivity contribution in [3.8, 4) is 11.1 Å². The van der Waals surface area contributed by atoms with E-state index < -0.39 is 0 Å². The molecule has 0 saturated heterocycles. The summed E-state index contributed by atoms with van der Waals surface area (Å²) in [6.07, 6.45) is 10.1. The highest BCUT2D eigenvalue weighted by Crippen LogP contribution is 2.30. The highest BCUT2D eigenvalue weighted by Gasteiger charge is 2.12. The molecular formula is C25H27N2+. The number of nitrogens with zero attached hydrogens (tertiary/aromatic N) is 2. The van der Waals surface area contributed by atoms with Crippen molar-refractivity contribution in [1.29, 1.82) is 0 Å². The summed E-state index contributed by atoms with van der Waals surface area (Å²) in [6, 6.07) is 22.0. The molecule has 27 heavy (non-hydrogen) atoms. The van der Waals surface area contributed by atoms with Crippen molar-refractivity contribution in [2.45, 2.75) is 19.3 Å². The molecule has 0 radical (unpaired) electrons. The Morgan fingerprint density at radius 3 is 2.52 bits per heavy atom. The zero-order valence-corrected chi connectivity index (χ0v) is 16.2. The number of pyridine rings is 1. The quantitative estimate of drug-likeness (QED) is 0.591. The summed E-state index contributed by atoms with van der Waals surface area (Å²) in [4.78, 5) is 2.39. The lowest BCUT2D eigenvalue weighted by Gasteiger charge is -2.20. The maximum Gasteiger partial charge on any atom is 0.204 e. The number of hydrogen-bond acceptors (Lipinski definition) is 1. The highest BCUT2D eigenvalue weighted by molar-refractivity contribution is 5.72. The van der Waals surface area contributed by atoms with Crippen molar-refractivity contribution in [1.82, 2.24) is 0 Å². The van der Waals surface area contributed by atoms with Gasteiger partial charge in [0, 0.05) is 37.5 Å². The molecule has 2 aromatic carbocycles. The third kappa shape index (κ3) is 3.95. The maximum atomic E-state index is 2.39. The van der Waals surface area contributed by atoms with Crippen LogP contribution in [0.3, 0.4) is 0 Å². The smallest absolute Gasteiger partial charge is 0.204 e. The molecule has 0 fully saturated rings. The van der Waals surface area contributed by atoms with Gasteiger partial charge >= 0.3 is 0 Å². The van der Waals surface area contributed by atoms with Gasteiger partial charge in [-0.2, -0.15) is 0 Å². The Kier molecular flexibility index (Phi) is 5.06. The van der Waals surface area contributed by atoms with Gasteiger partial charge in [-0.1, -0.05) is 30.3 Å². The number of fused-ring (bicyclic) bond motifs is 1. The number of benzene rings is 2. The zero-order valence-electron chi connectivity index (χ0n) is 16.2. The van der Waals surface area contributed by atoms with E-state index in [1.165, 1.54) is 52.9 Å². The molecule has 0 bridgehead atoms. The van der Waals surface area contributed by atoms with E-state index in [9.17, 15) is 0 Å². The number of rotatable bonds is 3. The lowest BCUT2D eigenvalue weighted by Crippen LogP contribution is -2.30. The molecule has 0 unspecified atom stereocenters. The second-order valence-corrected chi connectivity index (χ2v) is 7.41. The molecule has 3 aromatic rings. The van der Waals surface area contributed by atoms with Gasteiger partial charge < -0.3 is 4.90 Å². The van der Waals surface area contributed by atoms with E-state index in [0.29, 0.717) is 0 Å². The molecule has 2 heteroatoms. The molecule has 2 nitrogen and oxygen atoms in total. The monoisotopic (exact) mass is 355 g/mol. The Bertz CT molecular complexity index is 954. The van der Waals surface area contributed by atoms with E-state index >= 15 is 0 Å². The lowest BCUT2D eigenvalue weighted by atomic mass is 9.98. The van der Waals surface area contributed by atoms with Crippen molar-refractivity contribution < 1.29 is 4.57 Å². The van der Waals surface area contributed by atoms with Gasteiger partial charge in [0.05, 0.1) is 0 Å². The van der Waals surface area contributed by atoms with Crippen molar-refractivity contribution in [2.24, 2.45) is 7.05 Å². The fourth-order valence-corrected chi connectivity index (χ4v) is 3.80. The Labute approximate surface area is 162 Å². The van der Waals surface area contributed by atoms with Crippen molar-refractivity contribution in [3.05, 3.63) is 83.7 Å². The van der Waals surface area contributed by atoms with E-state index in [2.05, 4.69) is 96.5 Å². The molecule has 2 heterocycles. The molecular weight excluding hydrogens is 328 g/mol. The van der Waals surface area contributed by atoms with E-state index in [4.69, 9.17) is 0 Å². The second kappa shape index (κ2) is 7.79. The predicted octanol–water partition coefficient (Wildman–Crippen LogP) is 5.12. The molecule has 0 N–H and O–H groups in total. The topological polar surface area (TPSA) is 7.12 Å². The van der Waals surface area contributed by atoms with Gasteiger partial charge in [0.25, 0.3) is 0 Å². The first kappa shape index (κ1) is 17.5. The van der Waals surface area contributed by atoms with Crippen LogP contribution in [0.2, 0.25) is 0 Å². The average molecular weight is 356 g/mol. The van der Waals surface area contributed by atoms with Crippen molar-refractivity contribution >= 4 is 17.8 Å². The van der Waals surface area contributed by atoms with Gasteiger partial charge in [-0.25, -0.2) is 4.57 Å². The van der Waals surface area contributed by atoms with Crippen LogP contribution in [0.25, 0.3) is 23.3 Å². The predicted molar refractivity (Wildman–Crippen MR) is 115 cm³/mol. The normalized spacial score (nSPS) is 14.2. The van der Waals surface area contributed by atoms with Crippen molar-refractivity contribution in [3.63, 3.8) is 0 Å². The summed E-state index contributed by atoms with van der Waals surface area (Å²) < 4.78 is 2.12. The SMILES string of the molecule is CN1CCCCc2cc(-c3ccc(/C=C/c4cccc[n+]4C)cc3)ccc21. The van der Waals surface area contributed by atoms with Gasteiger partial charge in [-0.15, -0.1) is 0 Å². The van der Waals surface area contributed by atoms with Crippen LogP contribution in [-0.2, 0) is 13.5 Å². The minimum absolute atomic E-state index is 1.16. The fourth-order valence-electron chi connectivity index (χ4n) is 3.80. The van der Waals surface area contributed by atoms with Gasteiger partial charge in [0.1, 0.15) is 7.05 Å². The third-order valence-corrected chi connectivity index (χ3v) is 5.47. The minimum Gasteiger partial charge on any atom is -0.374 e. The molecule has 0 spiro atoms. The number of hydrogen-bond donors (Lipinski definition) is 0. The van der Waals surface area contributed by atoms with Crippen LogP contribution in [0.4, 0.5) is 5.69 Å². The first-order valence-corrected chi connectivity index (χ1v) is 9.78. The minimum atomic E-state index is 1.16. The van der Waals surface area contributed by atoms with Crippen LogP contribution in [0.15, 0.2) is 66.9 Å². The molecule has 0 saturated carbocycles. The van der Waals surface area contributed by atoms with E-state index in [-0.39, 0.29) is 0 Å². The van der Waals surface area contributed by atoms with Crippen LogP contribution < -0.4 is 9.47 Å². The van der Waals surface area contributed by atoms with Gasteiger partial charge in [0.15, 0.2) is 6.20 Å². The highest BCUT2D eigenvalue weighted by atomic mass is 15.1. The second-order valence-electron chi connectivity index (χ2n) is 7.41. The van der Waals surface area contributed by atoms with Crippen LogP contribution in [-0.4, -0.2) is 13.6 Å². The Balaban J connectivity index is 1.56. The van der Waals surface area contributed by atoms with E-state index in [0.717, 1.165) is 6.54 Å². The zero-order chi connectivity index (χ0) is 18.6. The van der Waals surface area contributed by atoms with Gasteiger partial charge in [-0.05, 0) is 65.8 Å². The van der Waals surface area contributed by atoms with Crippen LogP contribution in [0.5, 0.6) is 0 Å². The van der Waals surface area contributed by atoms with E-state index in [1.54, 1.807) is 0 Å². The molecule has 4 rings (SSSR count). The average Bonchev–Trinajstić information content (AvgIpc) is 2.89. The largest absolute Gasteiger partial charge is 0.374 e. The van der Waals surface area contributed by atoms with Crippen LogP contribution in [0, 0.1) is 0 Å². The molecule has 1 aliphatic heterocycles. The Morgan fingerprint density at radius 1 is 0.889 bits per heavy atom. The standard InChI is InChI=1S/C25H27N2/c1-26-17-6-4-8-24(26)15-11-20-9-12-21(13-10-20)22-14-16-25-23(19-22)7-3-5-18-27(25)2/h4,6,8-17,19H,3,5,7,18H2,1-2H3/q+1. The van der Waals surface area contributed by atoms with Crippen LogP contribution in [0.1, 0.15) is 29.7 Å². The summed E-state index contributed by atoms with van der Waals surface area (Å²) in [5.41, 5.74) is 7.88. The molecule has 1 aromatic heterocycles. The molecule has 0 aliphatic carbocycles. The maximum absolute atomic E-state index is 2.39. The number of aromatic nitrogens is 1. The number of anilines is 1. The third-order valence-electron chi connectivity index (χ3n) is 5.47. The Morgan fingerprint density at radius 2 is 1.70 bits per heavy atom. The van der Waals surface area contributed by atoms with Gasteiger partial charge in [0.2, 0.25) is 5.69 Å². The van der Waals surface area contributed by atoms with E-state index in [1.807, 2.05) is 6.07 Å². The summed E-state index contributed by atoms with van der Waals surface area (Å²) in [5, 5.41) is 0. The lowest BCUT2D eigenvalue weighted by molar-refractivity contribution is -0.673. The first-order chi connectivity index (χ1) is 13.2. The number of aryl methyl sites for hydroxylation is 2. The summed E-state index contributed by atoms with van der Waals surface area (Å²) >= 11 is 0. The molecule has 0 atom stereocenters. The van der Waals surface area contributed by atoms with Gasteiger partial charge in [-0.3, -0.25) is 0 Å². The van der Waals surface area contributed by atoms with Crippen molar-refractivity contribution in [2.75, 3.05) is 18.5 Å². The molecule has 136 valence electrons. The summed E-state index contributed by atoms with van der Waals surface area (Å²) in [7, 11) is 4.27. The molecule has 1 aliphatic rings. The van der Waals surface area contributed by atoms with Crippen LogP contribution >= 0.6 is 0 Å².